The second-order valence-corrected chi connectivity index (χ2v) is 8.88. The van der Waals surface area contributed by atoms with Gasteiger partial charge < -0.3 is 10.2 Å². The number of benzene rings is 2. The van der Waals surface area contributed by atoms with Crippen LogP contribution in [0.25, 0.3) is 0 Å². The fourth-order valence-corrected chi connectivity index (χ4v) is 4.01. The summed E-state index contributed by atoms with van der Waals surface area (Å²) in [6, 6.07) is 14.2. The number of nitrogens with one attached hydrogen (secondary N) is 1. The molecule has 0 aliphatic heterocycles. The van der Waals surface area contributed by atoms with E-state index in [1.807, 2.05) is 31.2 Å². The number of hydrogen-bond donors (Lipinski definition) is 1. The van der Waals surface area contributed by atoms with E-state index in [0.717, 1.165) is 23.3 Å². The lowest BCUT2D eigenvalue weighted by atomic mass is 10.1. The predicted molar refractivity (Wildman–Crippen MR) is 126 cm³/mol. The highest BCUT2D eigenvalue weighted by atomic mass is 35.5. The summed E-state index contributed by atoms with van der Waals surface area (Å²) in [6.45, 7) is 4.98. The zero-order chi connectivity index (χ0) is 21.9. The average molecular weight is 467 g/mol. The van der Waals surface area contributed by atoms with Crippen molar-refractivity contribution in [3.8, 4) is 0 Å². The van der Waals surface area contributed by atoms with E-state index in [0.29, 0.717) is 29.6 Å². The average Bonchev–Trinajstić information content (AvgIpc) is 2.74. The fraction of sp³-hybridized carbons (Fsp3) is 0.391. The van der Waals surface area contributed by atoms with E-state index in [9.17, 15) is 9.59 Å². The second-order valence-electron chi connectivity index (χ2n) is 6.96. The van der Waals surface area contributed by atoms with E-state index in [1.54, 1.807) is 29.2 Å². The van der Waals surface area contributed by atoms with Gasteiger partial charge in [0.25, 0.3) is 0 Å². The highest BCUT2D eigenvalue weighted by molar-refractivity contribution is 8.00. The SMILES string of the molecule is CCCCNC(=O)C(CC)N(Cc1ccc(Cl)cc1)C(=O)CSc1ccc(Cl)cc1. The van der Waals surface area contributed by atoms with Crippen LogP contribution in [0.5, 0.6) is 0 Å². The van der Waals surface area contributed by atoms with Crippen molar-refractivity contribution in [1.29, 1.82) is 0 Å². The summed E-state index contributed by atoms with van der Waals surface area (Å²) in [5.74, 6) is 0.0562. The molecule has 0 spiro atoms. The van der Waals surface area contributed by atoms with Crippen LogP contribution in [0.4, 0.5) is 0 Å². The Labute approximate surface area is 193 Å². The maximum Gasteiger partial charge on any atom is 0.242 e. The van der Waals surface area contributed by atoms with Crippen LogP contribution in [0, 0.1) is 0 Å². The Morgan fingerprint density at radius 1 is 1.00 bits per heavy atom. The number of rotatable bonds is 11. The maximum absolute atomic E-state index is 13.2. The maximum atomic E-state index is 13.2. The molecule has 162 valence electrons. The summed E-state index contributed by atoms with van der Waals surface area (Å²) < 4.78 is 0. The lowest BCUT2D eigenvalue weighted by Crippen LogP contribution is -2.49. The number of amides is 2. The molecule has 30 heavy (non-hydrogen) atoms. The molecular formula is C23H28Cl2N2O2S. The number of carbonyl (C=O) groups excluding carboxylic acids is 2. The number of thioether (sulfide) groups is 1. The zero-order valence-corrected chi connectivity index (χ0v) is 19.7. The minimum atomic E-state index is -0.518. The van der Waals surface area contributed by atoms with Crippen molar-refractivity contribution < 1.29 is 9.59 Å². The molecule has 0 heterocycles. The molecule has 1 atom stereocenters. The summed E-state index contributed by atoms with van der Waals surface area (Å²) in [7, 11) is 0. The summed E-state index contributed by atoms with van der Waals surface area (Å²) >= 11 is 13.4. The summed E-state index contributed by atoms with van der Waals surface area (Å²) in [5, 5.41) is 4.26. The quantitative estimate of drug-likeness (QED) is 0.335. The first-order valence-electron chi connectivity index (χ1n) is 10.1. The third-order valence-electron chi connectivity index (χ3n) is 4.66. The van der Waals surface area contributed by atoms with E-state index < -0.39 is 6.04 Å². The van der Waals surface area contributed by atoms with Gasteiger partial charge >= 0.3 is 0 Å². The van der Waals surface area contributed by atoms with Crippen LogP contribution in [0.1, 0.15) is 38.7 Å². The molecule has 0 bridgehead atoms. The molecule has 0 saturated heterocycles. The van der Waals surface area contributed by atoms with Crippen LogP contribution < -0.4 is 5.32 Å². The van der Waals surface area contributed by atoms with Gasteiger partial charge in [-0.15, -0.1) is 11.8 Å². The monoisotopic (exact) mass is 466 g/mol. The number of halogens is 2. The van der Waals surface area contributed by atoms with Gasteiger partial charge in [0.05, 0.1) is 5.75 Å². The fourth-order valence-electron chi connectivity index (χ4n) is 2.97. The molecule has 0 saturated carbocycles. The Bertz CT molecular complexity index is 813. The van der Waals surface area contributed by atoms with Crippen molar-refractivity contribution in [2.75, 3.05) is 12.3 Å². The number of nitrogens with zero attached hydrogens (tertiary/aromatic N) is 1. The summed E-state index contributed by atoms with van der Waals surface area (Å²) in [6.07, 6.45) is 2.46. The number of carbonyl (C=O) groups is 2. The molecule has 0 radical (unpaired) electrons. The van der Waals surface area contributed by atoms with Gasteiger partial charge in [-0.05, 0) is 54.8 Å². The van der Waals surface area contributed by atoms with Crippen LogP contribution in [-0.4, -0.2) is 35.1 Å². The first-order valence-corrected chi connectivity index (χ1v) is 11.9. The van der Waals surface area contributed by atoms with Gasteiger partial charge in [-0.1, -0.05) is 55.6 Å². The van der Waals surface area contributed by atoms with Crippen LogP contribution in [-0.2, 0) is 16.1 Å². The van der Waals surface area contributed by atoms with E-state index in [4.69, 9.17) is 23.2 Å². The summed E-state index contributed by atoms with van der Waals surface area (Å²) in [5.41, 5.74) is 0.934. The van der Waals surface area contributed by atoms with E-state index >= 15 is 0 Å². The van der Waals surface area contributed by atoms with Crippen LogP contribution in [0.15, 0.2) is 53.4 Å². The Morgan fingerprint density at radius 3 is 2.17 bits per heavy atom. The van der Waals surface area contributed by atoms with E-state index in [-0.39, 0.29) is 17.6 Å². The second kappa shape index (κ2) is 12.9. The lowest BCUT2D eigenvalue weighted by Gasteiger charge is -2.30. The van der Waals surface area contributed by atoms with Crippen molar-refractivity contribution >= 4 is 46.8 Å². The van der Waals surface area contributed by atoms with E-state index in [2.05, 4.69) is 12.2 Å². The minimum absolute atomic E-state index is 0.0811. The van der Waals surface area contributed by atoms with Gasteiger partial charge in [-0.2, -0.15) is 0 Å². The Kier molecular flexibility index (Phi) is 10.6. The largest absolute Gasteiger partial charge is 0.354 e. The van der Waals surface area contributed by atoms with Gasteiger partial charge in [-0.3, -0.25) is 9.59 Å². The molecule has 0 aromatic heterocycles. The normalized spacial score (nSPS) is 11.7. The Hall–Kier alpha value is -1.69. The first-order chi connectivity index (χ1) is 14.4. The Morgan fingerprint density at radius 2 is 1.60 bits per heavy atom. The van der Waals surface area contributed by atoms with Gasteiger partial charge in [-0.25, -0.2) is 0 Å². The first kappa shape index (κ1) is 24.6. The molecule has 4 nitrogen and oxygen atoms in total. The molecule has 1 unspecified atom stereocenters. The molecule has 1 N–H and O–H groups in total. The molecule has 2 aromatic rings. The molecule has 0 fully saturated rings. The van der Waals surface area contributed by atoms with Gasteiger partial charge in [0.1, 0.15) is 6.04 Å². The predicted octanol–water partition coefficient (Wildman–Crippen LogP) is 5.81. The van der Waals surface area contributed by atoms with E-state index in [1.165, 1.54) is 11.8 Å². The van der Waals surface area contributed by atoms with Crippen molar-refractivity contribution in [3.63, 3.8) is 0 Å². The highest BCUT2D eigenvalue weighted by Gasteiger charge is 2.28. The van der Waals surface area contributed by atoms with Crippen LogP contribution in [0.3, 0.4) is 0 Å². The standard InChI is InChI=1S/C23H28Cl2N2O2S/c1-3-5-14-26-23(29)21(4-2)27(15-17-6-8-18(24)9-7-17)22(28)16-30-20-12-10-19(25)11-13-20/h6-13,21H,3-5,14-16H2,1-2H3,(H,26,29). The third-order valence-corrected chi connectivity index (χ3v) is 6.16. The number of unbranched alkanes of at least 4 members (excludes halogenated alkanes) is 1. The van der Waals surface area contributed by atoms with Crippen LogP contribution >= 0.6 is 35.0 Å². The van der Waals surface area contributed by atoms with Crippen molar-refractivity contribution in [2.24, 2.45) is 0 Å². The molecule has 0 aliphatic rings. The molecule has 2 aromatic carbocycles. The molecule has 2 amide bonds. The smallest absolute Gasteiger partial charge is 0.242 e. The van der Waals surface area contributed by atoms with Crippen molar-refractivity contribution in [1.82, 2.24) is 10.2 Å². The summed E-state index contributed by atoms with van der Waals surface area (Å²) in [4.78, 5) is 28.6. The molecule has 2 rings (SSSR count). The van der Waals surface area contributed by atoms with Gasteiger partial charge in [0, 0.05) is 28.0 Å². The molecule has 7 heteroatoms. The van der Waals surface area contributed by atoms with Crippen LogP contribution in [0.2, 0.25) is 10.0 Å². The Balaban J connectivity index is 2.15. The van der Waals surface area contributed by atoms with Gasteiger partial charge in [0.15, 0.2) is 0 Å². The van der Waals surface area contributed by atoms with Crippen molar-refractivity contribution in [3.05, 3.63) is 64.1 Å². The number of hydrogen-bond acceptors (Lipinski definition) is 3. The zero-order valence-electron chi connectivity index (χ0n) is 17.4. The van der Waals surface area contributed by atoms with Crippen molar-refractivity contribution in [2.45, 2.75) is 50.6 Å². The topological polar surface area (TPSA) is 49.4 Å². The third kappa shape index (κ3) is 7.86. The lowest BCUT2D eigenvalue weighted by molar-refractivity contribution is -0.139. The molecular weight excluding hydrogens is 439 g/mol. The highest BCUT2D eigenvalue weighted by Crippen LogP contribution is 2.22. The van der Waals surface area contributed by atoms with Gasteiger partial charge in [0.2, 0.25) is 11.8 Å². The molecule has 0 aliphatic carbocycles. The minimum Gasteiger partial charge on any atom is -0.354 e.